The molecule has 1 aliphatic rings. The van der Waals surface area contributed by atoms with Gasteiger partial charge in [-0.1, -0.05) is 30.3 Å². The summed E-state index contributed by atoms with van der Waals surface area (Å²) in [6.07, 6.45) is 2.18. The Hall–Kier alpha value is -3.22. The van der Waals surface area contributed by atoms with Crippen LogP contribution in [0, 0.1) is 0 Å². The number of rotatable bonds is 7. The quantitative estimate of drug-likeness (QED) is 0.448. The van der Waals surface area contributed by atoms with E-state index in [-0.39, 0.29) is 18.2 Å². The monoisotopic (exact) mass is 437 g/mol. The van der Waals surface area contributed by atoms with Crippen molar-refractivity contribution in [3.8, 4) is 5.75 Å². The summed E-state index contributed by atoms with van der Waals surface area (Å²) in [6, 6.07) is 17.7. The maximum Gasteiger partial charge on any atom is 0.319 e. The molecule has 3 rings (SSSR count). The van der Waals surface area contributed by atoms with E-state index in [9.17, 15) is 4.79 Å². The molecular weight excluding hydrogens is 402 g/mol. The number of anilines is 1. The summed E-state index contributed by atoms with van der Waals surface area (Å²) >= 11 is 0. The second kappa shape index (κ2) is 12.0. The first kappa shape index (κ1) is 23.4. The van der Waals surface area contributed by atoms with Crippen molar-refractivity contribution in [1.29, 1.82) is 0 Å². The molecule has 0 unspecified atom stereocenters. The minimum absolute atomic E-state index is 0.100. The van der Waals surface area contributed by atoms with Crippen molar-refractivity contribution in [2.75, 3.05) is 25.0 Å². The largest absolute Gasteiger partial charge is 0.490 e. The van der Waals surface area contributed by atoms with Crippen molar-refractivity contribution in [2.45, 2.75) is 52.3 Å². The van der Waals surface area contributed by atoms with E-state index in [0.29, 0.717) is 6.54 Å². The molecule has 1 fully saturated rings. The van der Waals surface area contributed by atoms with Gasteiger partial charge >= 0.3 is 6.03 Å². The number of guanidine groups is 1. The summed E-state index contributed by atoms with van der Waals surface area (Å²) in [5.74, 6) is 1.87. The van der Waals surface area contributed by atoms with Gasteiger partial charge in [0.05, 0.1) is 6.54 Å². The minimum Gasteiger partial charge on any atom is -0.490 e. The van der Waals surface area contributed by atoms with Gasteiger partial charge in [-0.05, 0) is 50.6 Å². The van der Waals surface area contributed by atoms with Crippen LogP contribution in [0.3, 0.4) is 0 Å². The molecule has 0 aromatic heterocycles. The zero-order valence-electron chi connectivity index (χ0n) is 19.3. The van der Waals surface area contributed by atoms with E-state index >= 15 is 0 Å². The predicted molar refractivity (Wildman–Crippen MR) is 130 cm³/mol. The Balaban J connectivity index is 1.52. The van der Waals surface area contributed by atoms with Crippen molar-refractivity contribution < 1.29 is 9.53 Å². The molecule has 172 valence electrons. The summed E-state index contributed by atoms with van der Waals surface area (Å²) in [5.41, 5.74) is 1.86. The smallest absolute Gasteiger partial charge is 0.319 e. The van der Waals surface area contributed by atoms with Gasteiger partial charge in [0, 0.05) is 44.2 Å². The molecule has 0 aliphatic carbocycles. The minimum atomic E-state index is -0.195. The maximum absolute atomic E-state index is 11.8. The van der Waals surface area contributed by atoms with Crippen molar-refractivity contribution in [3.05, 3.63) is 60.2 Å². The number of para-hydroxylation sites is 1. The van der Waals surface area contributed by atoms with Crippen LogP contribution in [-0.2, 0) is 6.54 Å². The third-order valence-corrected chi connectivity index (χ3v) is 5.17. The Kier molecular flexibility index (Phi) is 8.78. The molecule has 2 aromatic rings. The van der Waals surface area contributed by atoms with Gasteiger partial charge in [-0.15, -0.1) is 0 Å². The normalized spacial score (nSPS) is 14.9. The van der Waals surface area contributed by atoms with E-state index < -0.39 is 0 Å². The molecule has 1 saturated heterocycles. The van der Waals surface area contributed by atoms with Crippen LogP contribution in [0.15, 0.2) is 59.6 Å². The highest BCUT2D eigenvalue weighted by Crippen LogP contribution is 2.19. The van der Waals surface area contributed by atoms with Crippen LogP contribution in [0.5, 0.6) is 5.75 Å². The standard InChI is InChI=1S/C25H35N5O2/c1-4-26-24(30-16-14-23(15-17-30)32-22-8-6-5-7-9-22)27-18-20-10-12-21(13-11-20)29-25(31)28-19(2)3/h5-13,19,23H,4,14-18H2,1-3H3,(H,26,27)(H2,28,29,31). The fourth-order valence-corrected chi connectivity index (χ4v) is 3.59. The average molecular weight is 438 g/mol. The van der Waals surface area contributed by atoms with Gasteiger partial charge in [0.25, 0.3) is 0 Å². The molecule has 0 radical (unpaired) electrons. The number of aliphatic imine (C=N–C) groups is 1. The molecule has 2 amide bonds. The van der Waals surface area contributed by atoms with Crippen molar-refractivity contribution in [3.63, 3.8) is 0 Å². The number of hydrogen-bond donors (Lipinski definition) is 3. The van der Waals surface area contributed by atoms with Crippen LogP contribution in [-0.4, -0.2) is 48.7 Å². The number of carbonyl (C=O) groups is 1. The highest BCUT2D eigenvalue weighted by Gasteiger charge is 2.22. The Bertz CT molecular complexity index is 860. The van der Waals surface area contributed by atoms with Gasteiger partial charge in [0.1, 0.15) is 11.9 Å². The fraction of sp³-hybridized carbons (Fsp3) is 0.440. The SMILES string of the molecule is CCNC(=NCc1ccc(NC(=O)NC(C)C)cc1)N1CCC(Oc2ccccc2)CC1. The first-order valence-electron chi connectivity index (χ1n) is 11.4. The molecular formula is C25H35N5O2. The van der Waals surface area contributed by atoms with E-state index in [4.69, 9.17) is 9.73 Å². The predicted octanol–water partition coefficient (Wildman–Crippen LogP) is 4.23. The molecule has 3 N–H and O–H groups in total. The maximum atomic E-state index is 11.8. The number of nitrogens with one attached hydrogen (secondary N) is 3. The molecule has 0 spiro atoms. The molecule has 0 atom stereocenters. The summed E-state index contributed by atoms with van der Waals surface area (Å²) in [4.78, 5) is 19.0. The lowest BCUT2D eigenvalue weighted by atomic mass is 10.1. The van der Waals surface area contributed by atoms with Crippen LogP contribution in [0.25, 0.3) is 0 Å². The summed E-state index contributed by atoms with van der Waals surface area (Å²) in [7, 11) is 0. The third kappa shape index (κ3) is 7.48. The van der Waals surface area contributed by atoms with Gasteiger partial charge in [0.15, 0.2) is 5.96 Å². The van der Waals surface area contributed by atoms with Crippen LogP contribution in [0.4, 0.5) is 10.5 Å². The number of piperidine rings is 1. The molecule has 32 heavy (non-hydrogen) atoms. The second-order valence-electron chi connectivity index (χ2n) is 8.24. The summed E-state index contributed by atoms with van der Waals surface area (Å²) in [5, 5.41) is 9.07. The van der Waals surface area contributed by atoms with Crippen LogP contribution >= 0.6 is 0 Å². The molecule has 7 heteroatoms. The van der Waals surface area contributed by atoms with Gasteiger partial charge in [0.2, 0.25) is 0 Å². The fourth-order valence-electron chi connectivity index (χ4n) is 3.59. The first-order chi connectivity index (χ1) is 15.5. The number of hydrogen-bond acceptors (Lipinski definition) is 3. The van der Waals surface area contributed by atoms with E-state index in [0.717, 1.165) is 55.4 Å². The molecule has 0 bridgehead atoms. The number of nitrogens with zero attached hydrogens (tertiary/aromatic N) is 2. The zero-order valence-corrected chi connectivity index (χ0v) is 19.3. The van der Waals surface area contributed by atoms with Crippen LogP contribution < -0.4 is 20.7 Å². The number of amides is 2. The van der Waals surface area contributed by atoms with Crippen LogP contribution in [0.2, 0.25) is 0 Å². The number of ether oxygens (including phenoxy) is 1. The highest BCUT2D eigenvalue weighted by molar-refractivity contribution is 5.89. The Labute approximate surface area is 191 Å². The number of urea groups is 1. The Morgan fingerprint density at radius 3 is 2.41 bits per heavy atom. The van der Waals surface area contributed by atoms with Gasteiger partial charge in [-0.25, -0.2) is 9.79 Å². The molecule has 7 nitrogen and oxygen atoms in total. The lowest BCUT2D eigenvalue weighted by Crippen LogP contribution is -2.47. The first-order valence-corrected chi connectivity index (χ1v) is 11.4. The molecule has 2 aromatic carbocycles. The van der Waals surface area contributed by atoms with E-state index in [1.807, 2.05) is 68.4 Å². The van der Waals surface area contributed by atoms with Crippen molar-refractivity contribution >= 4 is 17.7 Å². The topological polar surface area (TPSA) is 78.0 Å². The van der Waals surface area contributed by atoms with Gasteiger partial charge < -0.3 is 25.6 Å². The second-order valence-corrected chi connectivity index (χ2v) is 8.24. The Morgan fingerprint density at radius 1 is 1.09 bits per heavy atom. The van der Waals surface area contributed by atoms with Crippen LogP contribution in [0.1, 0.15) is 39.2 Å². The van der Waals surface area contributed by atoms with Crippen molar-refractivity contribution in [2.24, 2.45) is 4.99 Å². The number of carbonyl (C=O) groups excluding carboxylic acids is 1. The van der Waals surface area contributed by atoms with Crippen molar-refractivity contribution in [1.82, 2.24) is 15.5 Å². The van der Waals surface area contributed by atoms with E-state index in [1.54, 1.807) is 0 Å². The number of benzene rings is 2. The lowest BCUT2D eigenvalue weighted by molar-refractivity contribution is 0.129. The zero-order chi connectivity index (χ0) is 22.8. The molecule has 0 saturated carbocycles. The Morgan fingerprint density at radius 2 is 1.78 bits per heavy atom. The third-order valence-electron chi connectivity index (χ3n) is 5.17. The number of likely N-dealkylation sites (tertiary alicyclic amines) is 1. The molecule has 1 heterocycles. The van der Waals surface area contributed by atoms with Gasteiger partial charge in [-0.2, -0.15) is 0 Å². The van der Waals surface area contributed by atoms with E-state index in [2.05, 4.69) is 27.8 Å². The average Bonchev–Trinajstić information content (AvgIpc) is 2.78. The summed E-state index contributed by atoms with van der Waals surface area (Å²) in [6.45, 7) is 9.19. The lowest BCUT2D eigenvalue weighted by Gasteiger charge is -2.34. The highest BCUT2D eigenvalue weighted by atomic mass is 16.5. The van der Waals surface area contributed by atoms with E-state index in [1.165, 1.54) is 0 Å². The molecule has 1 aliphatic heterocycles. The summed E-state index contributed by atoms with van der Waals surface area (Å²) < 4.78 is 6.11. The van der Waals surface area contributed by atoms with Gasteiger partial charge in [-0.3, -0.25) is 0 Å².